The Morgan fingerprint density at radius 2 is 1.36 bits per heavy atom. The van der Waals surface area contributed by atoms with Crippen molar-refractivity contribution in [3.05, 3.63) is 130 Å². The predicted molar refractivity (Wildman–Crippen MR) is 277 cm³/mol. The molecule has 0 spiro atoms. The first-order valence-corrected chi connectivity index (χ1v) is 27.8. The van der Waals surface area contributed by atoms with E-state index in [-0.39, 0.29) is 34.5 Å². The minimum Gasteiger partial charge on any atom is -0.476 e. The van der Waals surface area contributed by atoms with E-state index in [4.69, 9.17) is 10.5 Å². The number of rotatable bonds is 16. The van der Waals surface area contributed by atoms with Crippen molar-refractivity contribution in [2.24, 2.45) is 10.8 Å². The number of carboxylic acids is 1. The zero-order valence-corrected chi connectivity index (χ0v) is 43.8. The minimum absolute atomic E-state index is 0.0622. The monoisotopic (exact) mass is 961 g/mol. The van der Waals surface area contributed by atoms with Gasteiger partial charge in [0.1, 0.15) is 6.73 Å². The van der Waals surface area contributed by atoms with Crippen LogP contribution in [0.2, 0.25) is 25.7 Å². The summed E-state index contributed by atoms with van der Waals surface area (Å²) in [7, 11) is 7.10. The summed E-state index contributed by atoms with van der Waals surface area (Å²) in [6, 6.07) is 22.0. The van der Waals surface area contributed by atoms with Gasteiger partial charge >= 0.3 is 5.97 Å². The highest BCUT2D eigenvalue weighted by atomic mass is 28.3. The van der Waals surface area contributed by atoms with E-state index in [0.717, 1.165) is 86.8 Å². The molecule has 0 bridgehead atoms. The number of nitrogen functional groups attached to an aromatic ring is 1. The van der Waals surface area contributed by atoms with Gasteiger partial charge in [0.05, 0.1) is 35.9 Å². The molecule has 2 atom stereocenters. The van der Waals surface area contributed by atoms with Crippen molar-refractivity contribution in [3.8, 4) is 0 Å². The molecule has 4 heterocycles. The SMILES string of the molecule is CC1(C)CCc2c(C(=O)O)nn(COCC[Si](C)(C)C)c2C1.CN(C)CC(c1ccccc1)n1cc(N)cn1.CN(C)CC(c1ccccc1)n1cc(NC(=O)c2n[nH]c3c2CCC(C)(C)C3)cn1. The number of nitrogens with two attached hydrogens (primary N) is 1. The fourth-order valence-corrected chi connectivity index (χ4v) is 9.61. The van der Waals surface area contributed by atoms with Gasteiger partial charge in [-0.1, -0.05) is 108 Å². The second-order valence-corrected chi connectivity index (χ2v) is 27.6. The molecular formula is C52H76N12O4Si. The van der Waals surface area contributed by atoms with Crippen LogP contribution in [0.3, 0.4) is 0 Å². The van der Waals surface area contributed by atoms with Crippen molar-refractivity contribution >= 4 is 31.3 Å². The lowest BCUT2D eigenvalue weighted by Gasteiger charge is -2.30. The number of aromatic nitrogens is 8. The Balaban J connectivity index is 0.000000178. The van der Waals surface area contributed by atoms with Crippen molar-refractivity contribution in [1.29, 1.82) is 0 Å². The Labute approximate surface area is 409 Å². The van der Waals surface area contributed by atoms with E-state index in [1.165, 1.54) is 11.1 Å². The summed E-state index contributed by atoms with van der Waals surface area (Å²) in [6.45, 7) is 18.7. The van der Waals surface area contributed by atoms with Gasteiger partial charge in [-0.15, -0.1) is 0 Å². The van der Waals surface area contributed by atoms with Crippen molar-refractivity contribution in [3.63, 3.8) is 0 Å². The van der Waals surface area contributed by atoms with Crippen molar-refractivity contribution in [2.75, 3.05) is 58.9 Å². The number of aromatic amines is 1. The van der Waals surface area contributed by atoms with Crippen LogP contribution in [0.4, 0.5) is 11.4 Å². The minimum atomic E-state index is -1.11. The molecular weight excluding hydrogens is 885 g/mol. The van der Waals surface area contributed by atoms with Crippen LogP contribution in [0, 0.1) is 10.8 Å². The topological polar surface area (TPSA) is 190 Å². The first-order chi connectivity index (χ1) is 32.6. The van der Waals surface area contributed by atoms with Gasteiger partial charge < -0.3 is 30.7 Å². The molecule has 5 N–H and O–H groups in total. The highest BCUT2D eigenvalue weighted by Crippen LogP contribution is 2.37. The summed E-state index contributed by atoms with van der Waals surface area (Å²) in [5, 5.41) is 32.9. The highest BCUT2D eigenvalue weighted by Gasteiger charge is 2.33. The maximum Gasteiger partial charge on any atom is 0.356 e. The van der Waals surface area contributed by atoms with Gasteiger partial charge in [0.25, 0.3) is 5.91 Å². The summed E-state index contributed by atoms with van der Waals surface area (Å²) in [5.41, 5.74) is 14.7. The molecule has 69 heavy (non-hydrogen) atoms. The quantitative estimate of drug-likeness (QED) is 0.0537. The van der Waals surface area contributed by atoms with E-state index in [1.807, 2.05) is 72.3 Å². The number of aromatic carboxylic acids is 1. The molecule has 0 saturated heterocycles. The number of amides is 1. The smallest absolute Gasteiger partial charge is 0.356 e. The molecule has 17 heteroatoms. The molecule has 2 unspecified atom stereocenters. The average Bonchev–Trinajstić information content (AvgIpc) is 4.10. The van der Waals surface area contributed by atoms with E-state index >= 15 is 0 Å². The van der Waals surface area contributed by atoms with Crippen LogP contribution in [0.1, 0.15) is 107 Å². The number of H-pyrrole nitrogens is 1. The number of nitrogens with zero attached hydrogens (tertiary/aromatic N) is 9. The largest absolute Gasteiger partial charge is 0.476 e. The van der Waals surface area contributed by atoms with Crippen molar-refractivity contribution in [2.45, 2.75) is 111 Å². The number of carbonyl (C=O) groups excluding carboxylic acids is 1. The second-order valence-electron chi connectivity index (χ2n) is 21.9. The van der Waals surface area contributed by atoms with Gasteiger partial charge in [-0.2, -0.15) is 20.4 Å². The highest BCUT2D eigenvalue weighted by molar-refractivity contribution is 6.76. The number of nitrogens with one attached hydrogen (secondary N) is 2. The number of fused-ring (bicyclic) bond motifs is 2. The molecule has 6 aromatic rings. The number of carbonyl (C=O) groups is 2. The van der Waals surface area contributed by atoms with Crippen LogP contribution in [-0.4, -0.2) is 122 Å². The fourth-order valence-electron chi connectivity index (χ4n) is 8.85. The van der Waals surface area contributed by atoms with Gasteiger partial charge in [-0.3, -0.25) is 19.3 Å². The molecule has 4 aromatic heterocycles. The molecule has 8 rings (SSSR count). The summed E-state index contributed by atoms with van der Waals surface area (Å²) in [6.07, 6.45) is 12.7. The van der Waals surface area contributed by atoms with Crippen LogP contribution < -0.4 is 11.1 Å². The number of ether oxygens (including phenoxy) is 1. The number of hydrogen-bond donors (Lipinski definition) is 4. The summed E-state index contributed by atoms with van der Waals surface area (Å²) < 4.78 is 11.4. The Kier molecular flexibility index (Phi) is 17.3. The van der Waals surface area contributed by atoms with E-state index < -0.39 is 14.0 Å². The van der Waals surface area contributed by atoms with Crippen molar-refractivity contribution in [1.82, 2.24) is 49.3 Å². The molecule has 2 aliphatic carbocycles. The summed E-state index contributed by atoms with van der Waals surface area (Å²) >= 11 is 0. The maximum absolute atomic E-state index is 12.9. The molecule has 372 valence electrons. The second kappa shape index (κ2) is 22.7. The lowest BCUT2D eigenvalue weighted by atomic mass is 9.76. The molecule has 0 saturated carbocycles. The van der Waals surface area contributed by atoms with E-state index in [2.05, 4.69) is 126 Å². The molecule has 2 aromatic carbocycles. The van der Waals surface area contributed by atoms with Gasteiger partial charge in [0.15, 0.2) is 11.4 Å². The summed E-state index contributed by atoms with van der Waals surface area (Å²) in [4.78, 5) is 28.6. The molecule has 1 amide bonds. The molecule has 0 fully saturated rings. The van der Waals surface area contributed by atoms with Crippen molar-refractivity contribution < 1.29 is 19.4 Å². The number of hydrogen-bond acceptors (Lipinski definition) is 10. The third-order valence-corrected chi connectivity index (χ3v) is 14.4. The Hall–Kier alpha value is -5.88. The third kappa shape index (κ3) is 14.8. The third-order valence-electron chi connectivity index (χ3n) is 12.7. The Morgan fingerprint density at radius 1 is 0.812 bits per heavy atom. The van der Waals surface area contributed by atoms with E-state index in [9.17, 15) is 14.7 Å². The van der Waals surface area contributed by atoms with Crippen LogP contribution in [0.5, 0.6) is 0 Å². The maximum atomic E-state index is 12.9. The molecule has 0 aliphatic heterocycles. The fraction of sp³-hybridized carbons (Fsp3) is 0.500. The average molecular weight is 961 g/mol. The predicted octanol–water partition coefficient (Wildman–Crippen LogP) is 8.55. The lowest BCUT2D eigenvalue weighted by molar-refractivity contribution is 0.0667. The normalized spacial score (nSPS) is 15.8. The van der Waals surface area contributed by atoms with E-state index in [0.29, 0.717) is 23.8 Å². The number of benzene rings is 2. The molecule has 2 aliphatic rings. The lowest BCUT2D eigenvalue weighted by Crippen LogP contribution is -2.25. The van der Waals surface area contributed by atoms with Crippen LogP contribution >= 0.6 is 0 Å². The number of likely N-dealkylation sites (N-methyl/N-ethyl adjacent to an activating group) is 2. The van der Waals surface area contributed by atoms with Gasteiger partial charge in [-0.25, -0.2) is 9.48 Å². The number of carboxylic acid groups (broad SMARTS) is 1. The number of anilines is 2. The zero-order valence-electron chi connectivity index (χ0n) is 42.8. The Morgan fingerprint density at radius 3 is 1.90 bits per heavy atom. The standard InChI is InChI=1S/C23H30N6O.C16H28N2O3Si.C13H18N4/c1-23(2)11-10-18-19(12-23)26-27-21(18)22(30)25-17-13-24-29(14-17)20(15-28(3)4)16-8-6-5-7-9-16;1-16(2)7-6-12-13(10-16)18(17-14(12)15(19)20)11-21-8-9-22(3,4)5;1-16(2)10-13(11-6-4-3-5-7-11)17-9-12(14)8-15-17/h5-9,13-14,20H,10-12,15H2,1-4H3,(H,25,30)(H,26,27);6-11H2,1-5H3,(H,19,20);3-9,13H,10,14H2,1-2H3. The molecule has 0 radical (unpaired) electrons. The zero-order chi connectivity index (χ0) is 50.1. The van der Waals surface area contributed by atoms with E-state index in [1.54, 1.807) is 17.1 Å². The van der Waals surface area contributed by atoms with Crippen LogP contribution in [0.25, 0.3) is 0 Å². The van der Waals surface area contributed by atoms with Gasteiger partial charge in [0, 0.05) is 62.7 Å². The van der Waals surface area contributed by atoms with Crippen LogP contribution in [0.15, 0.2) is 85.5 Å². The first-order valence-electron chi connectivity index (χ1n) is 24.1. The first kappa shape index (κ1) is 52.5. The molecule has 16 nitrogen and oxygen atoms in total. The Bertz CT molecular complexity index is 2590. The van der Waals surface area contributed by atoms with Crippen LogP contribution in [-0.2, 0) is 37.2 Å². The summed E-state index contributed by atoms with van der Waals surface area (Å²) in [5.74, 6) is -1.12. The van der Waals surface area contributed by atoms with Gasteiger partial charge in [0.2, 0.25) is 0 Å². The van der Waals surface area contributed by atoms with Gasteiger partial charge in [-0.05, 0) is 94.7 Å².